The molecule has 60 heavy (non-hydrogen) atoms. The average molecular weight is 789 g/mol. The van der Waals surface area contributed by atoms with Crippen LogP contribution in [0.2, 0.25) is 0 Å². The molecule has 0 spiro atoms. The molecule has 6 rings (SSSR count). The average Bonchev–Trinajstić information content (AvgIpc) is 3.29. The van der Waals surface area contributed by atoms with Crippen LogP contribution in [-0.2, 0) is 22.4 Å². The molecule has 0 saturated carbocycles. The molecule has 300 valence electrons. The molecule has 0 bridgehead atoms. The molecular formula is C54H52N4O2. The minimum absolute atomic E-state index is 0.0777. The van der Waals surface area contributed by atoms with Crippen molar-refractivity contribution in [1.82, 2.24) is 0 Å². The Hall–Kier alpha value is -7.15. The summed E-state index contributed by atoms with van der Waals surface area (Å²) in [4.78, 5) is 18.6. The zero-order chi connectivity index (χ0) is 42.1. The van der Waals surface area contributed by atoms with Crippen molar-refractivity contribution < 1.29 is 9.53 Å². The highest BCUT2D eigenvalue weighted by atomic mass is 16.5. The molecule has 0 fully saturated rings. The maximum absolute atomic E-state index is 10.8. The number of allylic oxidation sites excluding steroid dienone is 1. The van der Waals surface area contributed by atoms with Gasteiger partial charge in [0.15, 0.2) is 0 Å². The van der Waals surface area contributed by atoms with Crippen LogP contribution >= 0.6 is 0 Å². The Morgan fingerprint density at radius 2 is 0.917 bits per heavy atom. The number of nitrogens with zero attached hydrogens (tertiary/aromatic N) is 4. The van der Waals surface area contributed by atoms with Crippen LogP contribution in [0.25, 0.3) is 28.1 Å². The number of hydrogen-bond acceptors (Lipinski definition) is 5. The third-order valence-corrected chi connectivity index (χ3v) is 10.5. The number of carbonyl (C=O) groups is 1. The fraction of sp³-hybridized carbons (Fsp3) is 0.204. The van der Waals surface area contributed by atoms with Gasteiger partial charge >= 0.3 is 5.88 Å². The number of rotatable bonds is 19. The summed E-state index contributed by atoms with van der Waals surface area (Å²) in [5.74, 6) is -0.0777. The van der Waals surface area contributed by atoms with E-state index in [9.17, 15) is 10.1 Å². The van der Waals surface area contributed by atoms with Crippen molar-refractivity contribution in [3.05, 3.63) is 191 Å². The third kappa shape index (κ3) is 11.3. The number of carbonyl (C=O) groups excluding carboxylic acids is 1. The van der Waals surface area contributed by atoms with E-state index in [0.29, 0.717) is 5.57 Å². The van der Waals surface area contributed by atoms with Crippen LogP contribution in [0.4, 0.5) is 34.1 Å². The molecule has 0 unspecified atom stereocenters. The van der Waals surface area contributed by atoms with E-state index in [0.717, 1.165) is 69.2 Å². The summed E-state index contributed by atoms with van der Waals surface area (Å²) in [5, 5.41) is 9.30. The molecule has 6 aromatic carbocycles. The molecule has 6 heteroatoms. The second-order valence-electron chi connectivity index (χ2n) is 14.9. The molecule has 6 aromatic rings. The number of ether oxygens (including phenoxy) is 1. The lowest BCUT2D eigenvalue weighted by Crippen LogP contribution is -2.10. The van der Waals surface area contributed by atoms with E-state index in [-0.39, 0.29) is 12.4 Å². The van der Waals surface area contributed by atoms with Gasteiger partial charge in [-0.1, -0.05) is 112 Å². The summed E-state index contributed by atoms with van der Waals surface area (Å²) in [6.07, 6.45) is 12.8. The maximum Gasteiger partial charge on any atom is 0.348 e. The number of nitriles is 1. The number of hydrogen-bond donors (Lipinski definition) is 0. The molecule has 0 atom stereocenters. The van der Waals surface area contributed by atoms with Gasteiger partial charge in [0.1, 0.15) is 0 Å². The molecule has 0 amide bonds. The molecule has 0 aliphatic rings. The van der Waals surface area contributed by atoms with Gasteiger partial charge in [-0.05, 0) is 151 Å². The Morgan fingerprint density at radius 1 is 0.567 bits per heavy atom. The Bertz CT molecular complexity index is 2440. The van der Waals surface area contributed by atoms with Gasteiger partial charge in [-0.3, -0.25) is 4.79 Å². The summed E-state index contributed by atoms with van der Waals surface area (Å²) in [6, 6.07) is 53.5. The smallest absolute Gasteiger partial charge is 0.348 e. The van der Waals surface area contributed by atoms with E-state index in [1.54, 1.807) is 6.08 Å². The summed E-state index contributed by atoms with van der Waals surface area (Å²) in [7, 11) is 0. The van der Waals surface area contributed by atoms with Crippen LogP contribution in [-0.4, -0.2) is 6.47 Å². The van der Waals surface area contributed by atoms with E-state index < -0.39 is 0 Å². The van der Waals surface area contributed by atoms with E-state index in [2.05, 4.69) is 156 Å². The topological polar surface area (TPSA) is 60.9 Å². The predicted molar refractivity (Wildman–Crippen MR) is 249 cm³/mol. The Balaban J connectivity index is 1.29. The summed E-state index contributed by atoms with van der Waals surface area (Å²) in [6.45, 7) is 13.9. The van der Waals surface area contributed by atoms with Gasteiger partial charge in [-0.15, -0.1) is 0 Å². The molecular weight excluding hydrogens is 737 g/mol. The first-order chi connectivity index (χ1) is 29.4. The Kier molecular flexibility index (Phi) is 15.3. The van der Waals surface area contributed by atoms with Gasteiger partial charge < -0.3 is 14.5 Å². The van der Waals surface area contributed by atoms with Gasteiger partial charge in [0.2, 0.25) is 0 Å². The normalized spacial score (nSPS) is 11.3. The van der Waals surface area contributed by atoms with Crippen LogP contribution in [0.5, 0.6) is 0 Å². The first-order valence-corrected chi connectivity index (χ1v) is 20.9. The monoisotopic (exact) mass is 788 g/mol. The van der Waals surface area contributed by atoms with Crippen LogP contribution in [0, 0.1) is 17.9 Å². The van der Waals surface area contributed by atoms with Gasteiger partial charge in [0, 0.05) is 39.7 Å². The molecule has 0 radical (unpaired) electrons. The molecule has 0 aliphatic heterocycles. The number of aryl methyl sites for hydroxylation is 2. The Morgan fingerprint density at radius 3 is 1.25 bits per heavy atom. The van der Waals surface area contributed by atoms with E-state index >= 15 is 0 Å². The van der Waals surface area contributed by atoms with Crippen molar-refractivity contribution in [2.45, 2.75) is 72.1 Å². The summed E-state index contributed by atoms with van der Waals surface area (Å²) in [5.41, 5.74) is 13.5. The van der Waals surface area contributed by atoms with Crippen molar-refractivity contribution in [3.63, 3.8) is 0 Å². The fourth-order valence-corrected chi connectivity index (χ4v) is 7.29. The molecule has 0 heterocycles. The third-order valence-electron chi connectivity index (χ3n) is 10.5. The standard InChI is InChI=1S/C54H52N4O2/c1-5-7-9-11-42-13-25-48(26-14-42)57(50-29-17-44(18-30-50)37-41(3)39-55)52-33-21-46(22-34-52)47-23-35-53(36-24-47)58(49-27-15-43(16-28-49)12-10-8-6-2)51-31-19-45(20-32-51)38-54(56-4)60-40-59/h13-38,40H,5-12H2,1-3H3/b41-37-,54-38-. The summed E-state index contributed by atoms with van der Waals surface area (Å²) < 4.78 is 4.80. The second kappa shape index (κ2) is 21.6. The summed E-state index contributed by atoms with van der Waals surface area (Å²) >= 11 is 0. The van der Waals surface area contributed by atoms with E-state index in [1.165, 1.54) is 49.7 Å². The minimum atomic E-state index is -0.0777. The quantitative estimate of drug-likeness (QED) is 0.0269. The molecule has 0 aromatic heterocycles. The number of unbranched alkanes of at least 4 members (excludes halogenated alkanes) is 4. The zero-order valence-electron chi connectivity index (χ0n) is 34.9. The highest BCUT2D eigenvalue weighted by molar-refractivity contribution is 5.81. The number of benzene rings is 6. The SMILES string of the molecule is [C-]#[N+]/C(=C/c1ccc(N(c2ccc(CCCCC)cc2)c2ccc(-c3ccc(N(c4ccc(/C=C(/C)C#N)cc4)c4ccc(CCCCC)cc4)cc3)cc2)cc1)OC=O. The lowest BCUT2D eigenvalue weighted by atomic mass is 10.0. The van der Waals surface area contributed by atoms with Crippen molar-refractivity contribution in [1.29, 1.82) is 5.26 Å². The minimum Gasteiger partial charge on any atom is -0.454 e. The first kappa shape index (κ1) is 42.5. The van der Waals surface area contributed by atoms with Crippen LogP contribution in [0.3, 0.4) is 0 Å². The lowest BCUT2D eigenvalue weighted by Gasteiger charge is -2.26. The van der Waals surface area contributed by atoms with E-state index in [1.807, 2.05) is 37.3 Å². The van der Waals surface area contributed by atoms with Crippen molar-refractivity contribution in [3.8, 4) is 17.2 Å². The van der Waals surface area contributed by atoms with E-state index in [4.69, 9.17) is 11.3 Å². The van der Waals surface area contributed by atoms with Gasteiger partial charge in [0.05, 0.1) is 12.6 Å². The van der Waals surface area contributed by atoms with Gasteiger partial charge in [-0.2, -0.15) is 10.1 Å². The second-order valence-corrected chi connectivity index (χ2v) is 14.9. The van der Waals surface area contributed by atoms with Crippen molar-refractivity contribution in [2.75, 3.05) is 9.80 Å². The Labute approximate surface area is 356 Å². The first-order valence-electron chi connectivity index (χ1n) is 20.9. The molecule has 0 N–H and O–H groups in total. The van der Waals surface area contributed by atoms with Crippen LogP contribution in [0.1, 0.15) is 81.5 Å². The van der Waals surface area contributed by atoms with Crippen LogP contribution < -0.4 is 9.80 Å². The lowest BCUT2D eigenvalue weighted by molar-refractivity contribution is -0.124. The molecule has 0 aliphatic carbocycles. The van der Waals surface area contributed by atoms with Crippen LogP contribution in [0.15, 0.2) is 157 Å². The number of anilines is 6. The predicted octanol–water partition coefficient (Wildman–Crippen LogP) is 15.1. The highest BCUT2D eigenvalue weighted by Crippen LogP contribution is 2.39. The van der Waals surface area contributed by atoms with Crippen molar-refractivity contribution >= 4 is 52.7 Å². The maximum atomic E-state index is 10.8. The van der Waals surface area contributed by atoms with Crippen molar-refractivity contribution in [2.24, 2.45) is 0 Å². The molecule has 0 saturated heterocycles. The highest BCUT2D eigenvalue weighted by Gasteiger charge is 2.16. The zero-order valence-corrected chi connectivity index (χ0v) is 34.9. The van der Waals surface area contributed by atoms with Gasteiger partial charge in [-0.25, -0.2) is 0 Å². The molecule has 6 nitrogen and oxygen atoms in total. The fourth-order valence-electron chi connectivity index (χ4n) is 7.29. The van der Waals surface area contributed by atoms with Gasteiger partial charge in [0.25, 0.3) is 6.47 Å². The largest absolute Gasteiger partial charge is 0.454 e.